The van der Waals surface area contributed by atoms with E-state index in [1.807, 2.05) is 48.5 Å². The molecule has 1 aliphatic carbocycles. The van der Waals surface area contributed by atoms with Crippen molar-refractivity contribution in [3.05, 3.63) is 78.3 Å². The Balaban J connectivity index is 0. The van der Waals surface area contributed by atoms with Gasteiger partial charge in [-0.1, -0.05) is 49.9 Å². The van der Waals surface area contributed by atoms with Gasteiger partial charge >= 0.3 is 44.9 Å². The molecule has 230 valence electrons. The van der Waals surface area contributed by atoms with Gasteiger partial charge in [0, 0.05) is 20.0 Å². The van der Waals surface area contributed by atoms with E-state index in [1.165, 1.54) is 31.1 Å². The number of benzene rings is 2. The number of hydrogen-bond donors (Lipinski definition) is 4. The minimum atomic E-state index is -1.82. The largest absolute Gasteiger partial charge is 2.00 e. The average molecular weight is 977 g/mol. The van der Waals surface area contributed by atoms with Crippen LogP contribution in [0.1, 0.15) is 62.5 Å². The Morgan fingerprint density at radius 1 is 0.634 bits per heavy atom. The van der Waals surface area contributed by atoms with Crippen LogP contribution in [-0.4, -0.2) is 56.4 Å². The first kappa shape index (κ1) is 41.5. The van der Waals surface area contributed by atoms with E-state index in [0.29, 0.717) is 0 Å². The third-order valence-electron chi connectivity index (χ3n) is 5.49. The van der Waals surface area contributed by atoms with Gasteiger partial charge in [0.2, 0.25) is 0 Å². The number of carboxylic acids is 4. The third-order valence-corrected chi connectivity index (χ3v) is 6.93. The summed E-state index contributed by atoms with van der Waals surface area (Å²) in [6.07, 6.45) is 7.89. The van der Waals surface area contributed by atoms with Crippen LogP contribution in [0.5, 0.6) is 0 Å². The molecule has 0 heterocycles. The summed E-state index contributed by atoms with van der Waals surface area (Å²) in [5.74, 6) is -5.08. The molecule has 3 rings (SSSR count). The van der Waals surface area contributed by atoms with Gasteiger partial charge in [-0.05, 0) is 106 Å². The molecule has 6 N–H and O–H groups in total. The summed E-state index contributed by atoms with van der Waals surface area (Å²) in [4.78, 5) is 38.7. The van der Waals surface area contributed by atoms with E-state index >= 15 is 0 Å². The smallest absolute Gasteiger partial charge is 0.676 e. The summed E-state index contributed by atoms with van der Waals surface area (Å²) in [6, 6.07) is 16.2. The quantitative estimate of drug-likeness (QED) is 0.161. The van der Waals surface area contributed by atoms with E-state index in [-0.39, 0.29) is 46.0 Å². The number of nitrogens with one attached hydrogen (secondary N) is 2. The standard InChI is InChI=1S/2C10H11IO2.C6H12N2.C2H2O4.Pt/c2*11-9-6-4-8(5-7-9)2-1-3-10(12)13;7-5-3-1-2-4-6(5)8;3-1(4)2(5)6;/h2*4-7H,1-3H2,(H,12,13);5-8H,1-4H2;(H,3,4)(H,5,6);/q;;-2;;+2/t;;5-,6-;;/m..1../s1. The molecule has 0 radical (unpaired) electrons. The first-order valence-corrected chi connectivity index (χ1v) is 14.8. The molecule has 1 aliphatic rings. The first-order valence-electron chi connectivity index (χ1n) is 12.6. The number of aryl methyl sites for hydroxylation is 2. The predicted molar refractivity (Wildman–Crippen MR) is 169 cm³/mol. The van der Waals surface area contributed by atoms with Crippen molar-refractivity contribution in [2.75, 3.05) is 0 Å². The molecular formula is C28H36I2N2O8Pt. The number of rotatable bonds is 8. The zero-order chi connectivity index (χ0) is 30.5. The van der Waals surface area contributed by atoms with Crippen LogP contribution in [0, 0.1) is 7.14 Å². The maximum absolute atomic E-state index is 10.2. The monoisotopic (exact) mass is 977 g/mol. The molecule has 0 amide bonds. The summed E-state index contributed by atoms with van der Waals surface area (Å²) in [7, 11) is 0. The van der Waals surface area contributed by atoms with E-state index in [0.717, 1.165) is 38.5 Å². The second-order valence-electron chi connectivity index (χ2n) is 8.86. The summed E-state index contributed by atoms with van der Waals surface area (Å²) in [6.45, 7) is 0. The van der Waals surface area contributed by atoms with Crippen LogP contribution in [0.2, 0.25) is 0 Å². The molecule has 0 spiro atoms. The van der Waals surface area contributed by atoms with E-state index in [2.05, 4.69) is 45.2 Å². The molecule has 13 heteroatoms. The fourth-order valence-electron chi connectivity index (χ4n) is 3.32. The maximum atomic E-state index is 10.2. The van der Waals surface area contributed by atoms with Crippen LogP contribution in [0.15, 0.2) is 48.5 Å². The SMILES string of the molecule is O=C(O)C(=O)O.O=C(O)CCCc1ccc(I)cc1.O=C(O)CCCc1ccc(I)cc1.[NH-][C@@H]1CCCC[C@H]1[NH-].[Pt+2]. The van der Waals surface area contributed by atoms with Gasteiger partial charge in [-0.25, -0.2) is 9.59 Å². The second kappa shape index (κ2) is 24.9. The van der Waals surface area contributed by atoms with E-state index in [4.69, 9.17) is 41.5 Å². The van der Waals surface area contributed by atoms with Gasteiger partial charge in [0.15, 0.2) is 0 Å². The Bertz CT molecular complexity index is 957. The van der Waals surface area contributed by atoms with Gasteiger partial charge in [0.05, 0.1) is 0 Å². The molecule has 41 heavy (non-hydrogen) atoms. The molecule has 0 bridgehead atoms. The van der Waals surface area contributed by atoms with Crippen LogP contribution in [0.3, 0.4) is 0 Å². The Hall–Kier alpha value is -1.61. The Morgan fingerprint density at radius 2 is 0.927 bits per heavy atom. The van der Waals surface area contributed by atoms with Crippen LogP contribution >= 0.6 is 45.2 Å². The van der Waals surface area contributed by atoms with Crippen molar-refractivity contribution in [2.24, 2.45) is 0 Å². The second-order valence-corrected chi connectivity index (χ2v) is 11.3. The fraction of sp³-hybridized carbons (Fsp3) is 0.429. The van der Waals surface area contributed by atoms with Crippen LogP contribution in [-0.2, 0) is 53.1 Å². The van der Waals surface area contributed by atoms with E-state index in [9.17, 15) is 9.59 Å². The van der Waals surface area contributed by atoms with Gasteiger partial charge in [0.1, 0.15) is 0 Å². The number of carbonyl (C=O) groups is 4. The molecule has 1 saturated carbocycles. The third kappa shape index (κ3) is 24.7. The summed E-state index contributed by atoms with van der Waals surface area (Å²) < 4.78 is 2.42. The zero-order valence-corrected chi connectivity index (χ0v) is 28.9. The topological polar surface area (TPSA) is 197 Å². The van der Waals surface area contributed by atoms with Crippen molar-refractivity contribution in [2.45, 2.75) is 76.3 Å². The van der Waals surface area contributed by atoms with E-state index in [1.54, 1.807) is 0 Å². The van der Waals surface area contributed by atoms with Gasteiger partial charge in [-0.2, -0.15) is 12.1 Å². The molecule has 2 aromatic carbocycles. The van der Waals surface area contributed by atoms with Crippen molar-refractivity contribution >= 4 is 69.1 Å². The number of aliphatic carboxylic acids is 4. The molecule has 0 saturated heterocycles. The molecule has 1 fully saturated rings. The number of carboxylic acid groups (broad SMARTS) is 4. The van der Waals surface area contributed by atoms with Crippen LogP contribution < -0.4 is 0 Å². The van der Waals surface area contributed by atoms with Crippen molar-refractivity contribution in [1.82, 2.24) is 0 Å². The van der Waals surface area contributed by atoms with Gasteiger partial charge in [0.25, 0.3) is 0 Å². The van der Waals surface area contributed by atoms with Gasteiger partial charge in [-0.15, -0.1) is 0 Å². The zero-order valence-electron chi connectivity index (χ0n) is 22.3. The molecule has 0 unspecified atom stereocenters. The van der Waals surface area contributed by atoms with Crippen LogP contribution in [0.4, 0.5) is 0 Å². The molecule has 10 nitrogen and oxygen atoms in total. The Morgan fingerprint density at radius 3 is 1.15 bits per heavy atom. The van der Waals surface area contributed by atoms with Crippen molar-refractivity contribution in [3.8, 4) is 0 Å². The normalized spacial score (nSPS) is 15.1. The average Bonchev–Trinajstić information content (AvgIpc) is 2.89. The van der Waals surface area contributed by atoms with E-state index < -0.39 is 23.9 Å². The molecular weight excluding hydrogens is 941 g/mol. The Kier molecular flexibility index (Phi) is 25.3. The van der Waals surface area contributed by atoms with Crippen molar-refractivity contribution < 1.29 is 60.7 Å². The minimum Gasteiger partial charge on any atom is -0.676 e. The molecule has 0 aromatic heterocycles. The summed E-state index contributed by atoms with van der Waals surface area (Å²) >= 11 is 4.50. The van der Waals surface area contributed by atoms with Gasteiger partial charge < -0.3 is 31.9 Å². The summed E-state index contributed by atoms with van der Waals surface area (Å²) in [5, 5.41) is 31.7. The fourth-order valence-corrected chi connectivity index (χ4v) is 4.04. The van der Waals surface area contributed by atoms with Crippen LogP contribution in [0.25, 0.3) is 11.5 Å². The molecule has 0 aliphatic heterocycles. The maximum Gasteiger partial charge on any atom is 2.00 e. The van der Waals surface area contributed by atoms with Crippen molar-refractivity contribution in [3.63, 3.8) is 0 Å². The van der Waals surface area contributed by atoms with Gasteiger partial charge in [-0.3, -0.25) is 9.59 Å². The molecule has 2 atom stereocenters. The Labute approximate surface area is 282 Å². The predicted octanol–water partition coefficient (Wildman–Crippen LogP) is 6.95. The first-order chi connectivity index (χ1) is 18.8. The molecule has 2 aromatic rings. The summed E-state index contributed by atoms with van der Waals surface area (Å²) in [5.41, 5.74) is 17.0. The number of halogens is 2. The van der Waals surface area contributed by atoms with Crippen molar-refractivity contribution in [1.29, 1.82) is 0 Å². The number of hydrogen-bond acceptors (Lipinski definition) is 4. The minimum absolute atomic E-state index is 0.